The van der Waals surface area contributed by atoms with Crippen LogP contribution in [-0.4, -0.2) is 46.4 Å². The smallest absolute Gasteiger partial charge is 0.323 e. The molecule has 0 unspecified atom stereocenters. The van der Waals surface area contributed by atoms with E-state index in [-0.39, 0.29) is 19.0 Å². The van der Waals surface area contributed by atoms with E-state index < -0.39 is 5.97 Å². The first-order valence-electron chi connectivity index (χ1n) is 10.6. The Labute approximate surface area is 177 Å². The van der Waals surface area contributed by atoms with Gasteiger partial charge in [0.15, 0.2) is 0 Å². The number of carboxylic acids is 1. The zero-order valence-electron chi connectivity index (χ0n) is 17.2. The minimum absolute atomic E-state index is 0.277. The summed E-state index contributed by atoms with van der Waals surface area (Å²) < 4.78 is 0. The van der Waals surface area contributed by atoms with Gasteiger partial charge in [-0.25, -0.2) is 0 Å². The first-order valence-corrected chi connectivity index (χ1v) is 10.6. The number of aliphatic carboxylic acids is 1. The molecule has 0 atom stereocenters. The fourth-order valence-electron chi connectivity index (χ4n) is 4.12. The molecule has 156 valence electrons. The lowest BCUT2D eigenvalue weighted by molar-refractivity contribution is -0.143. The number of nitrogens with zero attached hydrogens (tertiary/aromatic N) is 2. The normalized spacial score (nSPS) is 16.4. The van der Waals surface area contributed by atoms with Gasteiger partial charge in [-0.15, -0.1) is 0 Å². The van der Waals surface area contributed by atoms with Crippen LogP contribution in [0.25, 0.3) is 6.08 Å². The van der Waals surface area contributed by atoms with Gasteiger partial charge in [-0.05, 0) is 53.5 Å². The number of benzene rings is 2. The Balaban J connectivity index is 1.46. The van der Waals surface area contributed by atoms with Gasteiger partial charge in [-0.1, -0.05) is 48.5 Å². The van der Waals surface area contributed by atoms with Crippen LogP contribution in [0.1, 0.15) is 35.1 Å². The summed E-state index contributed by atoms with van der Waals surface area (Å²) in [5.41, 5.74) is 4.61. The van der Waals surface area contributed by atoms with Crippen molar-refractivity contribution >= 4 is 18.0 Å². The number of carbonyl (C=O) groups is 2. The number of carboxylic acid groups (broad SMARTS) is 1. The summed E-state index contributed by atoms with van der Waals surface area (Å²) in [6.07, 6.45) is 7.07. The van der Waals surface area contributed by atoms with Crippen molar-refractivity contribution < 1.29 is 14.7 Å². The van der Waals surface area contributed by atoms with Crippen LogP contribution in [0, 0.1) is 5.92 Å². The van der Waals surface area contributed by atoms with E-state index in [1.807, 2.05) is 48.5 Å². The van der Waals surface area contributed by atoms with Crippen LogP contribution in [0.5, 0.6) is 0 Å². The largest absolute Gasteiger partial charge is 0.480 e. The highest BCUT2D eigenvalue weighted by atomic mass is 16.4. The first-order chi connectivity index (χ1) is 14.6. The molecule has 30 heavy (non-hydrogen) atoms. The zero-order chi connectivity index (χ0) is 20.9. The Kier molecular flexibility index (Phi) is 6.29. The third-order valence-corrected chi connectivity index (χ3v) is 5.85. The van der Waals surface area contributed by atoms with E-state index in [4.69, 9.17) is 0 Å². The van der Waals surface area contributed by atoms with Gasteiger partial charge in [-0.2, -0.15) is 0 Å². The third-order valence-electron chi connectivity index (χ3n) is 5.85. The Morgan fingerprint density at radius 3 is 2.63 bits per heavy atom. The molecule has 2 aromatic rings. The molecule has 1 aliphatic heterocycles. The predicted molar refractivity (Wildman–Crippen MR) is 117 cm³/mol. The molecule has 5 heteroatoms. The van der Waals surface area contributed by atoms with Gasteiger partial charge in [0.1, 0.15) is 6.54 Å². The number of rotatable bonds is 8. The van der Waals surface area contributed by atoms with Crippen molar-refractivity contribution in [3.8, 4) is 0 Å². The fraction of sp³-hybridized carbons (Fsp3) is 0.360. The van der Waals surface area contributed by atoms with Gasteiger partial charge in [0.05, 0.1) is 0 Å². The molecule has 0 spiro atoms. The lowest BCUT2D eigenvalue weighted by atomic mass is 9.94. The maximum Gasteiger partial charge on any atom is 0.323 e. The molecule has 1 saturated carbocycles. The topological polar surface area (TPSA) is 60.9 Å². The lowest BCUT2D eigenvalue weighted by Crippen LogP contribution is -2.34. The van der Waals surface area contributed by atoms with Gasteiger partial charge < -0.3 is 10.0 Å². The molecule has 2 aromatic carbocycles. The van der Waals surface area contributed by atoms with Crippen LogP contribution in [0.4, 0.5) is 0 Å². The molecule has 1 N–H and O–H groups in total. The van der Waals surface area contributed by atoms with Gasteiger partial charge in [0, 0.05) is 32.3 Å². The van der Waals surface area contributed by atoms with E-state index in [0.717, 1.165) is 36.6 Å². The molecule has 1 amide bonds. The zero-order valence-corrected chi connectivity index (χ0v) is 17.2. The van der Waals surface area contributed by atoms with Gasteiger partial charge >= 0.3 is 5.97 Å². The van der Waals surface area contributed by atoms with E-state index in [9.17, 15) is 14.7 Å². The molecule has 0 radical (unpaired) electrons. The second kappa shape index (κ2) is 9.26. The van der Waals surface area contributed by atoms with Crippen molar-refractivity contribution in [1.82, 2.24) is 9.80 Å². The van der Waals surface area contributed by atoms with Crippen LogP contribution < -0.4 is 0 Å². The van der Waals surface area contributed by atoms with Crippen molar-refractivity contribution in [3.63, 3.8) is 0 Å². The van der Waals surface area contributed by atoms with Gasteiger partial charge in [0.25, 0.3) is 0 Å². The van der Waals surface area contributed by atoms with Gasteiger partial charge in [-0.3, -0.25) is 14.5 Å². The number of carbonyl (C=O) groups excluding carboxylic acids is 1. The highest BCUT2D eigenvalue weighted by Crippen LogP contribution is 2.32. The molecule has 0 bridgehead atoms. The molecular formula is C25H28N2O3. The van der Waals surface area contributed by atoms with Crippen LogP contribution in [0.3, 0.4) is 0 Å². The molecule has 2 aliphatic rings. The second-order valence-corrected chi connectivity index (χ2v) is 8.32. The fourth-order valence-corrected chi connectivity index (χ4v) is 4.12. The quantitative estimate of drug-likeness (QED) is 0.683. The average Bonchev–Trinajstić information content (AvgIpc) is 3.55. The highest BCUT2D eigenvalue weighted by Gasteiger charge is 2.26. The van der Waals surface area contributed by atoms with E-state index in [1.165, 1.54) is 41.5 Å². The molecule has 1 heterocycles. The van der Waals surface area contributed by atoms with Crippen molar-refractivity contribution in [1.29, 1.82) is 0 Å². The number of fused-ring (bicyclic) bond motifs is 1. The van der Waals surface area contributed by atoms with E-state index >= 15 is 0 Å². The molecule has 0 aromatic heterocycles. The second-order valence-electron chi connectivity index (χ2n) is 8.32. The van der Waals surface area contributed by atoms with Crippen LogP contribution >= 0.6 is 0 Å². The Morgan fingerprint density at radius 2 is 1.90 bits per heavy atom. The van der Waals surface area contributed by atoms with Crippen molar-refractivity contribution in [3.05, 3.63) is 76.9 Å². The molecule has 0 saturated heterocycles. The molecular weight excluding hydrogens is 376 g/mol. The predicted octanol–water partition coefficient (Wildman–Crippen LogP) is 3.58. The monoisotopic (exact) mass is 404 g/mol. The maximum atomic E-state index is 12.8. The first kappa shape index (κ1) is 20.4. The van der Waals surface area contributed by atoms with Crippen LogP contribution in [0.15, 0.2) is 54.6 Å². The highest BCUT2D eigenvalue weighted by molar-refractivity contribution is 5.93. The van der Waals surface area contributed by atoms with Gasteiger partial charge in [0.2, 0.25) is 5.91 Å². The molecule has 5 nitrogen and oxygen atoms in total. The number of amides is 1. The molecule has 1 aliphatic carbocycles. The number of hydrogen-bond acceptors (Lipinski definition) is 3. The summed E-state index contributed by atoms with van der Waals surface area (Å²) in [7, 11) is 0. The standard InChI is InChI=1S/C25H28N2O3/c28-24(27(18-25(29)30)16-19-5-2-1-3-6-19)12-11-21-7-4-8-22-17-26(14-13-23(21)22)15-20-9-10-20/h1-8,11-12,20H,9-10,13-18H2,(H,29,30)/b12-11+. The van der Waals surface area contributed by atoms with E-state index in [2.05, 4.69) is 11.0 Å². The third kappa shape index (κ3) is 5.36. The number of hydrogen-bond donors (Lipinski definition) is 1. The van der Waals surface area contributed by atoms with Crippen molar-refractivity contribution in [2.75, 3.05) is 19.6 Å². The summed E-state index contributed by atoms with van der Waals surface area (Å²) >= 11 is 0. The summed E-state index contributed by atoms with van der Waals surface area (Å²) in [6.45, 7) is 3.18. The van der Waals surface area contributed by atoms with Crippen LogP contribution in [-0.2, 0) is 29.1 Å². The van der Waals surface area contributed by atoms with Crippen molar-refractivity contribution in [2.24, 2.45) is 5.92 Å². The Bertz CT molecular complexity index is 935. The Hall–Kier alpha value is -2.92. The summed E-state index contributed by atoms with van der Waals surface area (Å²) in [5, 5.41) is 9.22. The summed E-state index contributed by atoms with van der Waals surface area (Å²) in [4.78, 5) is 27.9. The summed E-state index contributed by atoms with van der Waals surface area (Å²) in [6, 6.07) is 15.7. The minimum atomic E-state index is -1.01. The maximum absolute atomic E-state index is 12.8. The minimum Gasteiger partial charge on any atom is -0.480 e. The average molecular weight is 405 g/mol. The van der Waals surface area contributed by atoms with E-state index in [0.29, 0.717) is 0 Å². The molecule has 4 rings (SSSR count). The Morgan fingerprint density at radius 1 is 1.10 bits per heavy atom. The van der Waals surface area contributed by atoms with Crippen molar-refractivity contribution in [2.45, 2.75) is 32.4 Å². The SMILES string of the molecule is O=C(O)CN(Cc1ccccc1)C(=O)/C=C/c1cccc2c1CCN(CC1CC1)C2. The molecule has 1 fully saturated rings. The lowest BCUT2D eigenvalue weighted by Gasteiger charge is -2.29. The summed E-state index contributed by atoms with van der Waals surface area (Å²) in [5.74, 6) is -0.414. The van der Waals surface area contributed by atoms with E-state index in [1.54, 1.807) is 0 Å². The van der Waals surface area contributed by atoms with Crippen LogP contribution in [0.2, 0.25) is 0 Å².